The monoisotopic (exact) mass is 262 g/mol. The van der Waals surface area contributed by atoms with E-state index in [1.54, 1.807) is 13.0 Å². The summed E-state index contributed by atoms with van der Waals surface area (Å²) in [5.74, 6) is 0.0395. The molecule has 1 heterocycles. The first-order valence-electron chi connectivity index (χ1n) is 6.42. The largest absolute Gasteiger partial charge is 0.490 e. The highest BCUT2D eigenvalue weighted by atomic mass is 16.5. The van der Waals surface area contributed by atoms with Crippen molar-refractivity contribution in [3.05, 3.63) is 29.3 Å². The van der Waals surface area contributed by atoms with E-state index < -0.39 is 5.92 Å². The van der Waals surface area contributed by atoms with Gasteiger partial charge in [-0.05, 0) is 30.7 Å². The zero-order valence-electron chi connectivity index (χ0n) is 11.4. The van der Waals surface area contributed by atoms with Crippen LogP contribution in [0.3, 0.4) is 0 Å². The van der Waals surface area contributed by atoms with E-state index in [4.69, 9.17) is 4.74 Å². The van der Waals surface area contributed by atoms with Crippen LogP contribution in [0.1, 0.15) is 36.2 Å². The molecule has 4 heteroatoms. The number of hydrogen-bond acceptors (Lipinski definition) is 4. The van der Waals surface area contributed by atoms with Gasteiger partial charge in [0.25, 0.3) is 0 Å². The van der Waals surface area contributed by atoms with Crippen molar-refractivity contribution in [2.75, 3.05) is 7.11 Å². The Morgan fingerprint density at radius 2 is 2.21 bits per heavy atom. The van der Waals surface area contributed by atoms with Crippen LogP contribution >= 0.6 is 0 Å². The molecule has 0 radical (unpaired) electrons. The maximum Gasteiger partial charge on any atom is 0.308 e. The van der Waals surface area contributed by atoms with Crippen molar-refractivity contribution in [1.29, 1.82) is 0 Å². The summed E-state index contributed by atoms with van der Waals surface area (Å²) >= 11 is 0. The Labute approximate surface area is 112 Å². The van der Waals surface area contributed by atoms with Crippen LogP contribution in [0.4, 0.5) is 0 Å². The molecule has 1 aliphatic heterocycles. The summed E-state index contributed by atoms with van der Waals surface area (Å²) in [5, 5.41) is 0. The van der Waals surface area contributed by atoms with Gasteiger partial charge in [-0.25, -0.2) is 0 Å². The first-order valence-corrected chi connectivity index (χ1v) is 6.42. The smallest absolute Gasteiger partial charge is 0.308 e. The zero-order chi connectivity index (χ0) is 14.0. The molecule has 2 atom stereocenters. The van der Waals surface area contributed by atoms with Crippen molar-refractivity contribution in [3.63, 3.8) is 0 Å². The Hall–Kier alpha value is -1.84. The molecule has 4 nitrogen and oxygen atoms in total. The lowest BCUT2D eigenvalue weighted by molar-refractivity contribution is -0.144. The Morgan fingerprint density at radius 3 is 2.89 bits per heavy atom. The molecule has 102 valence electrons. The van der Waals surface area contributed by atoms with Crippen LogP contribution < -0.4 is 4.74 Å². The molecule has 2 unspecified atom stereocenters. The van der Waals surface area contributed by atoms with Crippen molar-refractivity contribution in [2.24, 2.45) is 5.92 Å². The SMILES string of the molecule is COC(=O)C(C)CC(=O)c1ccc2c(c1)CC(C)O2. The average molecular weight is 262 g/mol. The highest BCUT2D eigenvalue weighted by Crippen LogP contribution is 2.29. The summed E-state index contributed by atoms with van der Waals surface area (Å²) < 4.78 is 10.2. The van der Waals surface area contributed by atoms with Gasteiger partial charge >= 0.3 is 5.97 Å². The van der Waals surface area contributed by atoms with E-state index >= 15 is 0 Å². The van der Waals surface area contributed by atoms with Crippen molar-refractivity contribution in [2.45, 2.75) is 32.8 Å². The number of Topliss-reactive ketones (excluding diaryl/α,β-unsaturated/α-hetero) is 1. The Balaban J connectivity index is 2.09. The van der Waals surface area contributed by atoms with Gasteiger partial charge in [0.15, 0.2) is 5.78 Å². The van der Waals surface area contributed by atoms with Crippen molar-refractivity contribution in [3.8, 4) is 5.75 Å². The normalized spacial score (nSPS) is 18.4. The van der Waals surface area contributed by atoms with Gasteiger partial charge in [0, 0.05) is 18.4 Å². The molecule has 0 aromatic heterocycles. The first-order chi connectivity index (χ1) is 9.01. The molecule has 0 N–H and O–H groups in total. The summed E-state index contributed by atoms with van der Waals surface area (Å²) in [6, 6.07) is 5.45. The third kappa shape index (κ3) is 2.95. The van der Waals surface area contributed by atoms with E-state index in [9.17, 15) is 9.59 Å². The fourth-order valence-electron chi connectivity index (χ4n) is 2.28. The molecule has 0 spiro atoms. The second-order valence-electron chi connectivity index (χ2n) is 5.01. The van der Waals surface area contributed by atoms with Gasteiger partial charge in [0.2, 0.25) is 0 Å². The van der Waals surface area contributed by atoms with E-state index in [-0.39, 0.29) is 24.3 Å². The van der Waals surface area contributed by atoms with Crippen molar-refractivity contribution < 1.29 is 19.1 Å². The number of benzene rings is 1. The van der Waals surface area contributed by atoms with E-state index in [1.165, 1.54) is 7.11 Å². The molecule has 0 amide bonds. The van der Waals surface area contributed by atoms with E-state index in [0.29, 0.717) is 5.56 Å². The number of rotatable bonds is 4. The minimum absolute atomic E-state index is 0.0414. The highest BCUT2D eigenvalue weighted by molar-refractivity contribution is 5.98. The van der Waals surface area contributed by atoms with Gasteiger partial charge in [-0.3, -0.25) is 9.59 Å². The summed E-state index contributed by atoms with van der Waals surface area (Å²) in [4.78, 5) is 23.4. The minimum atomic E-state index is -0.416. The van der Waals surface area contributed by atoms with Crippen LogP contribution in [0.2, 0.25) is 0 Å². The van der Waals surface area contributed by atoms with E-state index in [0.717, 1.165) is 17.7 Å². The summed E-state index contributed by atoms with van der Waals surface area (Å²) in [6.07, 6.45) is 1.15. The van der Waals surface area contributed by atoms with Gasteiger partial charge in [-0.15, -0.1) is 0 Å². The van der Waals surface area contributed by atoms with Crippen molar-refractivity contribution >= 4 is 11.8 Å². The summed E-state index contributed by atoms with van der Waals surface area (Å²) in [6.45, 7) is 3.70. The minimum Gasteiger partial charge on any atom is -0.490 e. The fraction of sp³-hybridized carbons (Fsp3) is 0.467. The molecule has 0 saturated heterocycles. The lowest BCUT2D eigenvalue weighted by Crippen LogP contribution is -2.17. The fourth-order valence-corrected chi connectivity index (χ4v) is 2.28. The molecular weight excluding hydrogens is 244 g/mol. The second kappa shape index (κ2) is 5.43. The molecule has 1 aromatic carbocycles. The molecule has 1 aromatic rings. The number of ketones is 1. The van der Waals surface area contributed by atoms with Gasteiger partial charge in [0.1, 0.15) is 11.9 Å². The molecule has 0 aliphatic carbocycles. The third-order valence-corrected chi connectivity index (χ3v) is 3.31. The van der Waals surface area contributed by atoms with E-state index in [2.05, 4.69) is 4.74 Å². The molecule has 0 saturated carbocycles. The van der Waals surface area contributed by atoms with Crippen LogP contribution in [0.25, 0.3) is 0 Å². The average Bonchev–Trinajstić information content (AvgIpc) is 2.76. The Kier molecular flexibility index (Phi) is 3.88. The molecule has 0 fully saturated rings. The maximum atomic E-state index is 12.1. The summed E-state index contributed by atoms with van der Waals surface area (Å²) in [7, 11) is 1.33. The number of carbonyl (C=O) groups is 2. The number of methoxy groups -OCH3 is 1. The lowest BCUT2D eigenvalue weighted by Gasteiger charge is -2.08. The number of ether oxygens (including phenoxy) is 2. The molecular formula is C15H18O4. The van der Waals surface area contributed by atoms with E-state index in [1.807, 2.05) is 19.1 Å². The standard InChI is InChI=1S/C15H18O4/c1-9(15(17)18-3)6-13(16)11-4-5-14-12(8-11)7-10(2)19-14/h4-5,8-10H,6-7H2,1-3H3. The highest BCUT2D eigenvalue weighted by Gasteiger charge is 2.22. The van der Waals surface area contributed by atoms with Gasteiger partial charge < -0.3 is 9.47 Å². The number of fused-ring (bicyclic) bond motifs is 1. The predicted octanol–water partition coefficient (Wildman–Crippen LogP) is 2.39. The maximum absolute atomic E-state index is 12.1. The predicted molar refractivity (Wildman–Crippen MR) is 70.4 cm³/mol. The Morgan fingerprint density at radius 1 is 1.47 bits per heavy atom. The van der Waals surface area contributed by atoms with Crippen molar-refractivity contribution in [1.82, 2.24) is 0 Å². The number of hydrogen-bond donors (Lipinski definition) is 0. The molecule has 1 aliphatic rings. The first kappa shape index (κ1) is 13.6. The lowest BCUT2D eigenvalue weighted by atomic mass is 9.97. The molecule has 19 heavy (non-hydrogen) atoms. The second-order valence-corrected chi connectivity index (χ2v) is 5.01. The third-order valence-electron chi connectivity index (χ3n) is 3.31. The molecule has 0 bridgehead atoms. The quantitative estimate of drug-likeness (QED) is 0.617. The summed E-state index contributed by atoms with van der Waals surface area (Å²) in [5.41, 5.74) is 1.69. The number of esters is 1. The van der Waals surface area contributed by atoms with Gasteiger partial charge in [-0.1, -0.05) is 6.92 Å². The van der Waals surface area contributed by atoms with Crippen LogP contribution in [-0.4, -0.2) is 25.0 Å². The van der Waals surface area contributed by atoms with Crippen LogP contribution in [0, 0.1) is 5.92 Å². The zero-order valence-corrected chi connectivity index (χ0v) is 11.4. The van der Waals surface area contributed by atoms with Crippen LogP contribution in [0.5, 0.6) is 5.75 Å². The van der Waals surface area contributed by atoms with Gasteiger partial charge in [-0.2, -0.15) is 0 Å². The Bertz CT molecular complexity index is 507. The van der Waals surface area contributed by atoms with Gasteiger partial charge in [0.05, 0.1) is 13.0 Å². The van der Waals surface area contributed by atoms with Crippen LogP contribution in [0.15, 0.2) is 18.2 Å². The topological polar surface area (TPSA) is 52.6 Å². The molecule has 2 rings (SSSR count). The number of carbonyl (C=O) groups excluding carboxylic acids is 2. The van der Waals surface area contributed by atoms with Crippen LogP contribution in [-0.2, 0) is 16.0 Å².